The van der Waals surface area contributed by atoms with Gasteiger partial charge in [-0.2, -0.15) is 0 Å². The van der Waals surface area contributed by atoms with Gasteiger partial charge in [-0.3, -0.25) is 4.98 Å². The topological polar surface area (TPSA) is 33.1 Å². The van der Waals surface area contributed by atoms with E-state index in [1.165, 1.54) is 5.56 Å². The van der Waals surface area contributed by atoms with Gasteiger partial charge in [-0.1, -0.05) is 20.8 Å². The molecular formula is C12H19NOS. The normalized spacial score (nSPS) is 13.1. The Morgan fingerprint density at radius 2 is 2.13 bits per heavy atom. The molecule has 84 valence electrons. The molecule has 3 heteroatoms. The third kappa shape index (κ3) is 4.22. The maximum absolute atomic E-state index is 9.67. The van der Waals surface area contributed by atoms with E-state index in [1.807, 2.05) is 26.2 Å². The Morgan fingerprint density at radius 1 is 1.40 bits per heavy atom. The Balaban J connectivity index is 2.50. The molecule has 0 aliphatic heterocycles. The fraction of sp³-hybridized carbons (Fsp3) is 0.583. The highest BCUT2D eigenvalue weighted by atomic mass is 32.2. The average molecular weight is 225 g/mol. The van der Waals surface area contributed by atoms with E-state index in [1.54, 1.807) is 11.8 Å². The van der Waals surface area contributed by atoms with Gasteiger partial charge in [-0.15, -0.1) is 11.8 Å². The van der Waals surface area contributed by atoms with Gasteiger partial charge in [0.25, 0.3) is 0 Å². The van der Waals surface area contributed by atoms with E-state index in [0.717, 1.165) is 17.1 Å². The van der Waals surface area contributed by atoms with Crippen molar-refractivity contribution in [3.05, 3.63) is 24.0 Å². The molecule has 0 bridgehead atoms. The fourth-order valence-electron chi connectivity index (χ4n) is 1.11. The molecule has 0 aliphatic rings. The zero-order valence-electron chi connectivity index (χ0n) is 9.60. The van der Waals surface area contributed by atoms with Crippen LogP contribution in [-0.4, -0.2) is 21.9 Å². The predicted molar refractivity (Wildman–Crippen MR) is 65.2 cm³/mol. The molecular weight excluding hydrogens is 206 g/mol. The van der Waals surface area contributed by atoms with E-state index in [-0.39, 0.29) is 6.10 Å². The summed E-state index contributed by atoms with van der Waals surface area (Å²) in [5, 5.41) is 9.67. The molecule has 1 heterocycles. The first kappa shape index (κ1) is 12.5. The third-order valence-corrected chi connectivity index (χ3v) is 3.43. The zero-order valence-corrected chi connectivity index (χ0v) is 10.4. The number of aromatic nitrogens is 1. The van der Waals surface area contributed by atoms with Crippen molar-refractivity contribution >= 4 is 11.8 Å². The van der Waals surface area contributed by atoms with Crippen LogP contribution < -0.4 is 0 Å². The first-order chi connectivity index (χ1) is 7.13. The third-order valence-electron chi connectivity index (χ3n) is 2.37. The Bertz CT molecular complexity index is 301. The molecule has 0 aliphatic carbocycles. The number of rotatable bonds is 5. The van der Waals surface area contributed by atoms with Crippen molar-refractivity contribution in [3.63, 3.8) is 0 Å². The van der Waals surface area contributed by atoms with Crippen molar-refractivity contribution in [2.75, 3.05) is 5.75 Å². The molecule has 0 amide bonds. The van der Waals surface area contributed by atoms with Gasteiger partial charge >= 0.3 is 0 Å². The van der Waals surface area contributed by atoms with Gasteiger partial charge in [0.15, 0.2) is 0 Å². The van der Waals surface area contributed by atoms with E-state index in [0.29, 0.717) is 5.92 Å². The van der Waals surface area contributed by atoms with Crippen molar-refractivity contribution < 1.29 is 5.11 Å². The van der Waals surface area contributed by atoms with Crippen LogP contribution in [0.1, 0.15) is 26.3 Å². The van der Waals surface area contributed by atoms with E-state index >= 15 is 0 Å². The Labute approximate surface area is 96.1 Å². The molecule has 0 fully saturated rings. The van der Waals surface area contributed by atoms with E-state index < -0.39 is 0 Å². The van der Waals surface area contributed by atoms with E-state index in [2.05, 4.69) is 18.0 Å². The SMILES string of the molecule is CCc1cncc(SCC(O)C(C)C)c1. The van der Waals surface area contributed by atoms with Crippen LogP contribution in [0.25, 0.3) is 0 Å². The summed E-state index contributed by atoms with van der Waals surface area (Å²) in [5.74, 6) is 1.06. The minimum Gasteiger partial charge on any atom is -0.392 e. The second-order valence-corrected chi connectivity index (χ2v) is 5.10. The summed E-state index contributed by atoms with van der Waals surface area (Å²) in [5.41, 5.74) is 1.25. The number of thioether (sulfide) groups is 1. The van der Waals surface area contributed by atoms with Crippen molar-refractivity contribution in [3.8, 4) is 0 Å². The molecule has 0 spiro atoms. The lowest BCUT2D eigenvalue weighted by atomic mass is 10.1. The number of hydrogen-bond donors (Lipinski definition) is 1. The van der Waals surface area contributed by atoms with Gasteiger partial charge in [-0.25, -0.2) is 0 Å². The van der Waals surface area contributed by atoms with E-state index in [4.69, 9.17) is 0 Å². The summed E-state index contributed by atoms with van der Waals surface area (Å²) >= 11 is 1.67. The summed E-state index contributed by atoms with van der Waals surface area (Å²) in [4.78, 5) is 5.32. The highest BCUT2D eigenvalue weighted by Gasteiger charge is 2.09. The van der Waals surface area contributed by atoms with Gasteiger partial charge in [0.2, 0.25) is 0 Å². The second kappa shape index (κ2) is 6.13. The number of hydrogen-bond acceptors (Lipinski definition) is 3. The first-order valence-corrected chi connectivity index (χ1v) is 6.36. The highest BCUT2D eigenvalue weighted by molar-refractivity contribution is 7.99. The smallest absolute Gasteiger partial charge is 0.0656 e. The number of aryl methyl sites for hydroxylation is 1. The van der Waals surface area contributed by atoms with Gasteiger partial charge in [0.1, 0.15) is 0 Å². The fourth-order valence-corrected chi connectivity index (χ4v) is 2.23. The lowest BCUT2D eigenvalue weighted by Crippen LogP contribution is -2.17. The Kier molecular flexibility index (Phi) is 5.12. The molecule has 1 N–H and O–H groups in total. The number of aliphatic hydroxyl groups is 1. The van der Waals surface area contributed by atoms with Gasteiger partial charge < -0.3 is 5.11 Å². The van der Waals surface area contributed by atoms with Crippen molar-refractivity contribution in [1.29, 1.82) is 0 Å². The van der Waals surface area contributed by atoms with E-state index in [9.17, 15) is 5.11 Å². The summed E-state index contributed by atoms with van der Waals surface area (Å²) in [7, 11) is 0. The van der Waals surface area contributed by atoms with Crippen LogP contribution in [0.2, 0.25) is 0 Å². The molecule has 1 unspecified atom stereocenters. The second-order valence-electron chi connectivity index (χ2n) is 4.00. The quantitative estimate of drug-likeness (QED) is 0.782. The monoisotopic (exact) mass is 225 g/mol. The average Bonchev–Trinajstić information content (AvgIpc) is 2.26. The molecule has 1 atom stereocenters. The molecule has 1 rings (SSSR count). The molecule has 1 aromatic heterocycles. The van der Waals surface area contributed by atoms with Gasteiger partial charge in [0.05, 0.1) is 6.10 Å². The summed E-state index contributed by atoms with van der Waals surface area (Å²) in [6, 6.07) is 2.14. The number of nitrogens with zero attached hydrogens (tertiary/aromatic N) is 1. The molecule has 1 aromatic rings. The minimum absolute atomic E-state index is 0.236. The first-order valence-electron chi connectivity index (χ1n) is 5.38. The lowest BCUT2D eigenvalue weighted by molar-refractivity contribution is 0.149. The van der Waals surface area contributed by atoms with Crippen LogP contribution in [0.4, 0.5) is 0 Å². The number of aliphatic hydroxyl groups excluding tert-OH is 1. The van der Waals surface area contributed by atoms with Gasteiger partial charge in [0, 0.05) is 23.0 Å². The maximum Gasteiger partial charge on any atom is 0.0656 e. The zero-order chi connectivity index (χ0) is 11.3. The summed E-state index contributed by atoms with van der Waals surface area (Å²) in [6.45, 7) is 6.19. The molecule has 0 saturated carbocycles. The Hall–Kier alpha value is -0.540. The van der Waals surface area contributed by atoms with Crippen LogP contribution in [0.3, 0.4) is 0 Å². The molecule has 0 radical (unpaired) electrons. The van der Waals surface area contributed by atoms with Crippen LogP contribution in [0, 0.1) is 5.92 Å². The summed E-state index contributed by atoms with van der Waals surface area (Å²) < 4.78 is 0. The number of pyridine rings is 1. The predicted octanol–water partition coefficient (Wildman–Crippen LogP) is 2.75. The van der Waals surface area contributed by atoms with Crippen LogP contribution in [-0.2, 0) is 6.42 Å². The van der Waals surface area contributed by atoms with Crippen molar-refractivity contribution in [1.82, 2.24) is 4.98 Å². The standard InChI is InChI=1S/C12H19NOS/c1-4-10-5-11(7-13-6-10)15-8-12(14)9(2)3/h5-7,9,12,14H,4,8H2,1-3H3. The minimum atomic E-state index is -0.236. The Morgan fingerprint density at radius 3 is 2.73 bits per heavy atom. The van der Waals surface area contributed by atoms with Crippen LogP contribution in [0.15, 0.2) is 23.4 Å². The van der Waals surface area contributed by atoms with Crippen LogP contribution in [0.5, 0.6) is 0 Å². The summed E-state index contributed by atoms with van der Waals surface area (Å²) in [6.07, 6.45) is 4.52. The highest BCUT2D eigenvalue weighted by Crippen LogP contribution is 2.20. The van der Waals surface area contributed by atoms with Gasteiger partial charge in [-0.05, 0) is 24.0 Å². The molecule has 0 aromatic carbocycles. The lowest BCUT2D eigenvalue weighted by Gasteiger charge is -2.13. The van der Waals surface area contributed by atoms with Crippen LogP contribution >= 0.6 is 11.8 Å². The maximum atomic E-state index is 9.67. The molecule has 0 saturated heterocycles. The molecule has 15 heavy (non-hydrogen) atoms. The van der Waals surface area contributed by atoms with Crippen molar-refractivity contribution in [2.24, 2.45) is 5.92 Å². The largest absolute Gasteiger partial charge is 0.392 e. The molecule has 2 nitrogen and oxygen atoms in total. The van der Waals surface area contributed by atoms with Crippen molar-refractivity contribution in [2.45, 2.75) is 38.2 Å².